The Hall–Kier alpha value is 0.270. The maximum atomic E-state index is 3.61. The quantitative estimate of drug-likeness (QED) is 0.817. The van der Waals surface area contributed by atoms with Gasteiger partial charge >= 0.3 is 0 Å². The SMILES string of the molecule is CN(CC1CCCN1)C1CSCCC1(C)C. The van der Waals surface area contributed by atoms with Crippen molar-refractivity contribution in [2.24, 2.45) is 5.41 Å². The van der Waals surface area contributed by atoms with Gasteiger partial charge in [-0.2, -0.15) is 11.8 Å². The highest BCUT2D eigenvalue weighted by Gasteiger charge is 2.35. The molecule has 2 nitrogen and oxygen atoms in total. The molecule has 2 fully saturated rings. The van der Waals surface area contributed by atoms with Crippen LogP contribution < -0.4 is 5.32 Å². The molecule has 2 rings (SSSR count). The van der Waals surface area contributed by atoms with Gasteiger partial charge in [0.15, 0.2) is 0 Å². The van der Waals surface area contributed by atoms with E-state index >= 15 is 0 Å². The Labute approximate surface area is 105 Å². The highest BCUT2D eigenvalue weighted by atomic mass is 32.2. The largest absolute Gasteiger partial charge is 0.313 e. The summed E-state index contributed by atoms with van der Waals surface area (Å²) in [6, 6.07) is 1.50. The van der Waals surface area contributed by atoms with Crippen molar-refractivity contribution >= 4 is 11.8 Å². The van der Waals surface area contributed by atoms with Crippen LogP contribution in [0.1, 0.15) is 33.1 Å². The summed E-state index contributed by atoms with van der Waals surface area (Å²) < 4.78 is 0. The van der Waals surface area contributed by atoms with E-state index in [1.807, 2.05) is 0 Å². The van der Waals surface area contributed by atoms with Crippen LogP contribution in [-0.2, 0) is 0 Å². The lowest BCUT2D eigenvalue weighted by Gasteiger charge is -2.44. The molecule has 0 aromatic rings. The molecule has 1 N–H and O–H groups in total. The molecule has 2 atom stereocenters. The second-order valence-electron chi connectivity index (χ2n) is 6.06. The Morgan fingerprint density at radius 2 is 2.25 bits per heavy atom. The van der Waals surface area contributed by atoms with Gasteiger partial charge in [0.05, 0.1) is 0 Å². The normalized spacial score (nSPS) is 34.5. The summed E-state index contributed by atoms with van der Waals surface area (Å²) >= 11 is 2.13. The number of nitrogens with zero attached hydrogens (tertiary/aromatic N) is 1. The maximum absolute atomic E-state index is 3.61. The van der Waals surface area contributed by atoms with Gasteiger partial charge in [-0.1, -0.05) is 13.8 Å². The monoisotopic (exact) mass is 242 g/mol. The summed E-state index contributed by atoms with van der Waals surface area (Å²) in [4.78, 5) is 2.61. The van der Waals surface area contributed by atoms with Crippen LogP contribution in [0.15, 0.2) is 0 Å². The van der Waals surface area contributed by atoms with Gasteiger partial charge in [-0.05, 0) is 44.0 Å². The Bertz CT molecular complexity index is 224. The molecule has 16 heavy (non-hydrogen) atoms. The van der Waals surface area contributed by atoms with Gasteiger partial charge in [0, 0.05) is 24.4 Å². The van der Waals surface area contributed by atoms with Crippen molar-refractivity contribution < 1.29 is 0 Å². The fraction of sp³-hybridized carbons (Fsp3) is 1.00. The molecule has 0 amide bonds. The molecule has 0 bridgehead atoms. The molecule has 0 aromatic heterocycles. The zero-order chi connectivity index (χ0) is 11.6. The molecule has 0 saturated carbocycles. The van der Waals surface area contributed by atoms with Crippen molar-refractivity contribution in [1.29, 1.82) is 0 Å². The van der Waals surface area contributed by atoms with Crippen LogP contribution in [0.4, 0.5) is 0 Å². The van der Waals surface area contributed by atoms with Crippen LogP contribution in [-0.4, -0.2) is 48.6 Å². The minimum absolute atomic E-state index is 0.499. The average molecular weight is 242 g/mol. The van der Waals surface area contributed by atoms with Crippen LogP contribution >= 0.6 is 11.8 Å². The van der Waals surface area contributed by atoms with Gasteiger partial charge in [-0.3, -0.25) is 0 Å². The first-order valence-corrected chi connectivity index (χ1v) is 7.76. The van der Waals surface area contributed by atoms with Crippen LogP contribution in [0.2, 0.25) is 0 Å². The number of thioether (sulfide) groups is 1. The first kappa shape index (κ1) is 12.7. The molecule has 0 aromatic carbocycles. The lowest BCUT2D eigenvalue weighted by molar-refractivity contribution is 0.114. The van der Waals surface area contributed by atoms with Crippen molar-refractivity contribution in [3.05, 3.63) is 0 Å². The Balaban J connectivity index is 1.88. The lowest BCUT2D eigenvalue weighted by atomic mass is 9.81. The van der Waals surface area contributed by atoms with Crippen molar-refractivity contribution in [3.63, 3.8) is 0 Å². The third kappa shape index (κ3) is 2.93. The Morgan fingerprint density at radius 3 is 2.88 bits per heavy atom. The number of nitrogens with one attached hydrogen (secondary N) is 1. The van der Waals surface area contributed by atoms with E-state index < -0.39 is 0 Å². The van der Waals surface area contributed by atoms with E-state index in [0.29, 0.717) is 5.41 Å². The third-order valence-corrected chi connectivity index (χ3v) is 5.32. The van der Waals surface area contributed by atoms with Gasteiger partial charge < -0.3 is 10.2 Å². The number of hydrogen-bond acceptors (Lipinski definition) is 3. The minimum atomic E-state index is 0.499. The summed E-state index contributed by atoms with van der Waals surface area (Å²) in [6.45, 7) is 7.34. The van der Waals surface area contributed by atoms with Crippen LogP contribution in [0.5, 0.6) is 0 Å². The molecule has 2 unspecified atom stereocenters. The van der Waals surface area contributed by atoms with E-state index in [0.717, 1.165) is 12.1 Å². The van der Waals surface area contributed by atoms with Gasteiger partial charge in [-0.15, -0.1) is 0 Å². The molecule has 0 spiro atoms. The first-order valence-electron chi connectivity index (χ1n) is 6.61. The predicted octanol–water partition coefficient (Wildman–Crippen LogP) is 2.20. The molecule has 2 aliphatic heterocycles. The summed E-state index contributed by atoms with van der Waals surface area (Å²) in [6.07, 6.45) is 4.09. The highest BCUT2D eigenvalue weighted by molar-refractivity contribution is 7.99. The molecule has 2 saturated heterocycles. The number of likely N-dealkylation sites (N-methyl/N-ethyl adjacent to an activating group) is 1. The van der Waals surface area contributed by atoms with Crippen LogP contribution in [0.3, 0.4) is 0 Å². The van der Waals surface area contributed by atoms with E-state index in [1.165, 1.54) is 43.9 Å². The van der Waals surface area contributed by atoms with E-state index in [9.17, 15) is 0 Å². The predicted molar refractivity (Wildman–Crippen MR) is 73.2 cm³/mol. The standard InChI is InChI=1S/C13H26N2S/c1-13(2)6-8-16-10-12(13)15(3)9-11-5-4-7-14-11/h11-12,14H,4-10H2,1-3H3. The van der Waals surface area contributed by atoms with Gasteiger partial charge in [0.25, 0.3) is 0 Å². The van der Waals surface area contributed by atoms with E-state index in [-0.39, 0.29) is 0 Å². The minimum Gasteiger partial charge on any atom is -0.313 e. The fourth-order valence-corrected chi connectivity index (χ4v) is 4.80. The fourth-order valence-electron chi connectivity index (χ4n) is 3.03. The Morgan fingerprint density at radius 1 is 1.44 bits per heavy atom. The molecule has 2 aliphatic rings. The van der Waals surface area contributed by atoms with Crippen molar-refractivity contribution in [2.75, 3.05) is 31.6 Å². The smallest absolute Gasteiger partial charge is 0.0235 e. The van der Waals surface area contributed by atoms with Crippen molar-refractivity contribution in [1.82, 2.24) is 10.2 Å². The van der Waals surface area contributed by atoms with E-state index in [1.54, 1.807) is 0 Å². The molecule has 0 aliphatic carbocycles. The van der Waals surface area contributed by atoms with Crippen molar-refractivity contribution in [3.8, 4) is 0 Å². The lowest BCUT2D eigenvalue weighted by Crippen LogP contribution is -2.50. The third-order valence-electron chi connectivity index (χ3n) is 4.27. The number of rotatable bonds is 3. The van der Waals surface area contributed by atoms with E-state index in [4.69, 9.17) is 0 Å². The van der Waals surface area contributed by atoms with Gasteiger partial charge in [0.2, 0.25) is 0 Å². The zero-order valence-corrected chi connectivity index (χ0v) is 11.8. The average Bonchev–Trinajstić information content (AvgIpc) is 2.69. The first-order chi connectivity index (χ1) is 7.59. The summed E-state index contributed by atoms with van der Waals surface area (Å²) in [5.41, 5.74) is 0.499. The summed E-state index contributed by atoms with van der Waals surface area (Å²) in [5.74, 6) is 2.66. The topological polar surface area (TPSA) is 15.3 Å². The molecule has 3 heteroatoms. The van der Waals surface area contributed by atoms with E-state index in [2.05, 4.69) is 42.9 Å². The molecular weight excluding hydrogens is 216 g/mol. The highest BCUT2D eigenvalue weighted by Crippen LogP contribution is 2.36. The van der Waals surface area contributed by atoms with Crippen LogP contribution in [0, 0.1) is 5.41 Å². The van der Waals surface area contributed by atoms with Crippen LogP contribution in [0.25, 0.3) is 0 Å². The maximum Gasteiger partial charge on any atom is 0.0235 e. The molecule has 0 radical (unpaired) electrons. The summed E-state index contributed by atoms with van der Waals surface area (Å²) in [7, 11) is 2.32. The van der Waals surface area contributed by atoms with Gasteiger partial charge in [0.1, 0.15) is 0 Å². The molecular formula is C13H26N2S. The van der Waals surface area contributed by atoms with Crippen molar-refractivity contribution in [2.45, 2.75) is 45.2 Å². The zero-order valence-electron chi connectivity index (χ0n) is 11.0. The Kier molecular flexibility index (Phi) is 4.20. The second kappa shape index (κ2) is 5.28. The van der Waals surface area contributed by atoms with Gasteiger partial charge in [-0.25, -0.2) is 0 Å². The molecule has 2 heterocycles. The second-order valence-corrected chi connectivity index (χ2v) is 7.21. The molecule has 94 valence electrons. The number of hydrogen-bond donors (Lipinski definition) is 1. The summed E-state index contributed by atoms with van der Waals surface area (Å²) in [5, 5.41) is 3.61.